The van der Waals surface area contributed by atoms with Gasteiger partial charge < -0.3 is 20.7 Å². The standard InChI is InChI=1S/C25H29N5O4/c1-4-34-24(32)21-14-15-30(29-21)20-12-10-19(11-13-20)27-23(31)22(17(2)3)28-25(33)26-16-18-8-6-5-7-9-18/h5-15,17,22H,4,16H2,1-3H3,(H,27,31)(H2,26,28,33). The molecule has 0 aliphatic heterocycles. The predicted octanol–water partition coefficient (Wildman–Crippen LogP) is 3.51. The van der Waals surface area contributed by atoms with Gasteiger partial charge in [-0.2, -0.15) is 5.10 Å². The van der Waals surface area contributed by atoms with E-state index in [0.29, 0.717) is 17.9 Å². The summed E-state index contributed by atoms with van der Waals surface area (Å²) < 4.78 is 6.50. The zero-order valence-electron chi connectivity index (χ0n) is 19.4. The fraction of sp³-hybridized carbons (Fsp3) is 0.280. The summed E-state index contributed by atoms with van der Waals surface area (Å²) in [6.07, 6.45) is 1.66. The Hall–Kier alpha value is -4.14. The Morgan fingerprint density at radius 3 is 2.35 bits per heavy atom. The molecule has 1 unspecified atom stereocenters. The number of esters is 1. The maximum Gasteiger partial charge on any atom is 0.358 e. The van der Waals surface area contributed by atoms with E-state index in [2.05, 4.69) is 21.0 Å². The molecule has 0 fully saturated rings. The summed E-state index contributed by atoms with van der Waals surface area (Å²) in [6.45, 7) is 6.11. The van der Waals surface area contributed by atoms with Crippen molar-refractivity contribution in [2.75, 3.05) is 11.9 Å². The van der Waals surface area contributed by atoms with E-state index >= 15 is 0 Å². The lowest BCUT2D eigenvalue weighted by Crippen LogP contribution is -2.50. The van der Waals surface area contributed by atoms with Crippen molar-refractivity contribution in [3.8, 4) is 5.69 Å². The fourth-order valence-electron chi connectivity index (χ4n) is 3.20. The third-order valence-electron chi connectivity index (χ3n) is 5.00. The van der Waals surface area contributed by atoms with Gasteiger partial charge in [-0.25, -0.2) is 14.3 Å². The smallest absolute Gasteiger partial charge is 0.358 e. The van der Waals surface area contributed by atoms with E-state index in [9.17, 15) is 14.4 Å². The Labute approximate surface area is 198 Å². The van der Waals surface area contributed by atoms with Gasteiger partial charge in [0, 0.05) is 18.4 Å². The van der Waals surface area contributed by atoms with Gasteiger partial charge in [-0.3, -0.25) is 4.79 Å². The summed E-state index contributed by atoms with van der Waals surface area (Å²) in [7, 11) is 0. The molecule has 0 aliphatic carbocycles. The minimum absolute atomic E-state index is 0.118. The number of rotatable bonds is 9. The van der Waals surface area contributed by atoms with Crippen molar-refractivity contribution in [1.82, 2.24) is 20.4 Å². The number of benzene rings is 2. The summed E-state index contributed by atoms with van der Waals surface area (Å²) in [6, 6.07) is 17.0. The molecule has 3 rings (SSSR count). The third-order valence-corrected chi connectivity index (χ3v) is 5.00. The van der Waals surface area contributed by atoms with E-state index in [1.54, 1.807) is 48.1 Å². The molecule has 9 heteroatoms. The van der Waals surface area contributed by atoms with Crippen molar-refractivity contribution in [1.29, 1.82) is 0 Å². The Morgan fingerprint density at radius 1 is 1.00 bits per heavy atom. The largest absolute Gasteiger partial charge is 0.461 e. The highest BCUT2D eigenvalue weighted by molar-refractivity contribution is 5.97. The van der Waals surface area contributed by atoms with Crippen LogP contribution in [0.5, 0.6) is 0 Å². The molecule has 0 saturated carbocycles. The molecular weight excluding hydrogens is 434 g/mol. The molecule has 0 spiro atoms. The number of carbonyl (C=O) groups excluding carboxylic acids is 3. The molecule has 0 radical (unpaired) electrons. The fourth-order valence-corrected chi connectivity index (χ4v) is 3.20. The van der Waals surface area contributed by atoms with Gasteiger partial charge in [0.1, 0.15) is 6.04 Å². The summed E-state index contributed by atoms with van der Waals surface area (Å²) in [5.74, 6) is -0.918. The van der Waals surface area contributed by atoms with E-state index < -0.39 is 18.0 Å². The van der Waals surface area contributed by atoms with E-state index in [1.165, 1.54) is 0 Å². The monoisotopic (exact) mass is 463 g/mol. The number of ether oxygens (including phenoxy) is 1. The number of amides is 3. The number of nitrogens with one attached hydrogen (secondary N) is 3. The highest BCUT2D eigenvalue weighted by Gasteiger charge is 2.24. The summed E-state index contributed by atoms with van der Waals surface area (Å²) in [5.41, 5.74) is 2.47. The van der Waals surface area contributed by atoms with E-state index in [4.69, 9.17) is 4.74 Å². The van der Waals surface area contributed by atoms with Gasteiger partial charge in [-0.15, -0.1) is 0 Å². The molecule has 1 heterocycles. The van der Waals surface area contributed by atoms with Crippen LogP contribution in [0.1, 0.15) is 36.8 Å². The quantitative estimate of drug-likeness (QED) is 0.420. The van der Waals surface area contributed by atoms with Gasteiger partial charge in [0.2, 0.25) is 5.91 Å². The maximum absolute atomic E-state index is 12.8. The lowest BCUT2D eigenvalue weighted by Gasteiger charge is -2.22. The maximum atomic E-state index is 12.8. The minimum atomic E-state index is -0.714. The molecule has 3 aromatic rings. The Morgan fingerprint density at radius 2 is 1.71 bits per heavy atom. The lowest BCUT2D eigenvalue weighted by atomic mass is 10.0. The molecular formula is C25H29N5O4. The zero-order valence-corrected chi connectivity index (χ0v) is 19.4. The second-order valence-electron chi connectivity index (χ2n) is 7.94. The normalized spacial score (nSPS) is 11.5. The topological polar surface area (TPSA) is 114 Å². The molecule has 9 nitrogen and oxygen atoms in total. The van der Waals surface area contributed by atoms with Crippen LogP contribution in [0, 0.1) is 5.92 Å². The molecule has 1 atom stereocenters. The lowest BCUT2D eigenvalue weighted by molar-refractivity contribution is -0.118. The van der Waals surface area contributed by atoms with Crippen LogP contribution in [-0.4, -0.2) is 40.3 Å². The molecule has 1 aromatic heterocycles. The van der Waals surface area contributed by atoms with Crippen LogP contribution in [0.4, 0.5) is 10.5 Å². The molecule has 34 heavy (non-hydrogen) atoms. The average Bonchev–Trinajstić information content (AvgIpc) is 3.33. The summed E-state index contributed by atoms with van der Waals surface area (Å²) in [4.78, 5) is 37.0. The molecule has 0 aliphatic rings. The predicted molar refractivity (Wildman–Crippen MR) is 129 cm³/mol. The number of nitrogens with zero attached hydrogens (tertiary/aromatic N) is 2. The van der Waals surface area contributed by atoms with Crippen LogP contribution in [0.15, 0.2) is 66.9 Å². The number of hydrogen-bond donors (Lipinski definition) is 3. The van der Waals surface area contributed by atoms with E-state index in [1.807, 2.05) is 44.2 Å². The number of aromatic nitrogens is 2. The molecule has 0 saturated heterocycles. The van der Waals surface area contributed by atoms with Crippen molar-refractivity contribution < 1.29 is 19.1 Å². The van der Waals surface area contributed by atoms with Crippen LogP contribution in [-0.2, 0) is 16.1 Å². The molecule has 3 N–H and O–H groups in total. The highest BCUT2D eigenvalue weighted by atomic mass is 16.5. The Bertz CT molecular complexity index is 1110. The first kappa shape index (κ1) is 24.5. The van der Waals surface area contributed by atoms with Gasteiger partial charge in [0.05, 0.1) is 12.3 Å². The first-order valence-corrected chi connectivity index (χ1v) is 11.1. The minimum Gasteiger partial charge on any atom is -0.461 e. The average molecular weight is 464 g/mol. The van der Waals surface area contributed by atoms with Gasteiger partial charge in [0.15, 0.2) is 5.69 Å². The first-order chi connectivity index (χ1) is 16.4. The zero-order chi connectivity index (χ0) is 24.5. The van der Waals surface area contributed by atoms with Crippen molar-refractivity contribution in [3.63, 3.8) is 0 Å². The van der Waals surface area contributed by atoms with Gasteiger partial charge in [-0.1, -0.05) is 44.2 Å². The molecule has 0 bridgehead atoms. The van der Waals surface area contributed by atoms with Crippen molar-refractivity contribution >= 4 is 23.6 Å². The van der Waals surface area contributed by atoms with E-state index in [-0.39, 0.29) is 24.1 Å². The Balaban J connectivity index is 1.58. The second-order valence-corrected chi connectivity index (χ2v) is 7.94. The van der Waals surface area contributed by atoms with Crippen LogP contribution in [0.3, 0.4) is 0 Å². The SMILES string of the molecule is CCOC(=O)c1ccn(-c2ccc(NC(=O)C(NC(=O)NCc3ccccc3)C(C)C)cc2)n1. The third kappa shape index (κ3) is 6.68. The van der Waals surface area contributed by atoms with Crippen LogP contribution >= 0.6 is 0 Å². The molecule has 178 valence electrons. The van der Waals surface area contributed by atoms with Crippen molar-refractivity contribution in [2.24, 2.45) is 5.92 Å². The van der Waals surface area contributed by atoms with Gasteiger partial charge >= 0.3 is 12.0 Å². The Kier molecular flexibility index (Phi) is 8.39. The van der Waals surface area contributed by atoms with Crippen LogP contribution < -0.4 is 16.0 Å². The van der Waals surface area contributed by atoms with Crippen LogP contribution in [0.25, 0.3) is 5.69 Å². The number of hydrogen-bond acceptors (Lipinski definition) is 5. The second kappa shape index (κ2) is 11.6. The molecule has 3 amide bonds. The molecule has 2 aromatic carbocycles. The summed E-state index contributed by atoms with van der Waals surface area (Å²) >= 11 is 0. The summed E-state index contributed by atoms with van der Waals surface area (Å²) in [5, 5.41) is 12.6. The van der Waals surface area contributed by atoms with Gasteiger partial charge in [-0.05, 0) is 48.7 Å². The van der Waals surface area contributed by atoms with E-state index in [0.717, 1.165) is 5.56 Å². The van der Waals surface area contributed by atoms with Crippen molar-refractivity contribution in [2.45, 2.75) is 33.4 Å². The first-order valence-electron chi connectivity index (χ1n) is 11.1. The van der Waals surface area contributed by atoms with Gasteiger partial charge in [0.25, 0.3) is 0 Å². The number of urea groups is 1. The van der Waals surface area contributed by atoms with Crippen LogP contribution in [0.2, 0.25) is 0 Å². The van der Waals surface area contributed by atoms with Crippen molar-refractivity contribution in [3.05, 3.63) is 78.1 Å². The number of anilines is 1. The highest BCUT2D eigenvalue weighted by Crippen LogP contribution is 2.15. The number of carbonyl (C=O) groups is 3.